The maximum atomic E-state index is 13.6. The molecule has 2 aromatic carbocycles. The minimum absolute atomic E-state index is 0.0461. The number of halogens is 6. The average molecular weight is 617 g/mol. The molecule has 0 aromatic heterocycles. The number of carbonyl (C=O) groups is 3. The standard InChI is InChI=1S/C30H34F6N2O5/c1-27(2,3)26(41)37-22(15-24(39)43-28(4,5)6)25(40)38-10-9-18-13-21(7-8-23(18)38)42-16-17-11-19(29(31,32)33)14-20(12-17)30(34,35)36/h7-8,11-14,22H,9-10,15-16H2,1-6H3,(H,37,41)/t22-/m1/s1. The number of nitrogens with zero attached hydrogens (tertiary/aromatic N) is 1. The number of esters is 1. The van der Waals surface area contributed by atoms with Gasteiger partial charge >= 0.3 is 18.3 Å². The number of ether oxygens (including phenoxy) is 2. The Hall–Kier alpha value is -3.77. The van der Waals surface area contributed by atoms with E-state index in [1.165, 1.54) is 23.1 Å². The maximum absolute atomic E-state index is 13.6. The van der Waals surface area contributed by atoms with Crippen molar-refractivity contribution in [3.63, 3.8) is 0 Å². The van der Waals surface area contributed by atoms with Crippen LogP contribution < -0.4 is 15.0 Å². The fourth-order valence-electron chi connectivity index (χ4n) is 4.28. The molecule has 1 heterocycles. The minimum Gasteiger partial charge on any atom is -0.489 e. The summed E-state index contributed by atoms with van der Waals surface area (Å²) in [5, 5.41) is 2.65. The predicted molar refractivity (Wildman–Crippen MR) is 145 cm³/mol. The number of nitrogens with one attached hydrogen (secondary N) is 1. The van der Waals surface area contributed by atoms with Gasteiger partial charge in [-0.3, -0.25) is 14.4 Å². The number of fused-ring (bicyclic) bond motifs is 1. The molecule has 2 amide bonds. The molecule has 1 N–H and O–H groups in total. The molecular formula is C30H34F6N2O5. The van der Waals surface area contributed by atoms with Gasteiger partial charge in [0.05, 0.1) is 17.5 Å². The molecule has 0 unspecified atom stereocenters. The molecule has 0 aliphatic carbocycles. The third kappa shape index (κ3) is 9.11. The summed E-state index contributed by atoms with van der Waals surface area (Å²) in [6.45, 7) is 9.64. The zero-order chi connectivity index (χ0) is 32.5. The van der Waals surface area contributed by atoms with Crippen LogP contribution in [-0.4, -0.2) is 36.0 Å². The lowest BCUT2D eigenvalue weighted by molar-refractivity contribution is -0.156. The molecule has 43 heavy (non-hydrogen) atoms. The second kappa shape index (κ2) is 12.1. The van der Waals surface area contributed by atoms with Crippen molar-refractivity contribution in [3.05, 3.63) is 58.7 Å². The molecule has 1 atom stereocenters. The highest BCUT2D eigenvalue weighted by molar-refractivity contribution is 6.02. The van der Waals surface area contributed by atoms with Crippen molar-refractivity contribution in [1.82, 2.24) is 5.32 Å². The van der Waals surface area contributed by atoms with Gasteiger partial charge in [0.15, 0.2) is 0 Å². The summed E-state index contributed by atoms with van der Waals surface area (Å²) in [6, 6.07) is 4.52. The highest BCUT2D eigenvalue weighted by Gasteiger charge is 2.38. The molecule has 13 heteroatoms. The Kier molecular flexibility index (Phi) is 9.48. The van der Waals surface area contributed by atoms with E-state index < -0.39 is 71.3 Å². The Balaban J connectivity index is 1.80. The summed E-state index contributed by atoms with van der Waals surface area (Å²) < 4.78 is 90.0. The first-order valence-electron chi connectivity index (χ1n) is 13.4. The summed E-state index contributed by atoms with van der Waals surface area (Å²) >= 11 is 0. The van der Waals surface area contributed by atoms with Crippen molar-refractivity contribution < 1.29 is 50.2 Å². The van der Waals surface area contributed by atoms with Gasteiger partial charge in [-0.1, -0.05) is 20.8 Å². The quantitative estimate of drug-likeness (QED) is 0.285. The molecule has 3 rings (SSSR count). The number of hydrogen-bond acceptors (Lipinski definition) is 5. The van der Waals surface area contributed by atoms with Gasteiger partial charge < -0.3 is 19.7 Å². The first kappa shape index (κ1) is 33.7. The lowest BCUT2D eigenvalue weighted by atomic mass is 9.95. The number of hydrogen-bond donors (Lipinski definition) is 1. The largest absolute Gasteiger partial charge is 0.489 e. The van der Waals surface area contributed by atoms with Crippen LogP contribution in [0.2, 0.25) is 0 Å². The first-order valence-corrected chi connectivity index (χ1v) is 13.4. The monoisotopic (exact) mass is 616 g/mol. The van der Waals surface area contributed by atoms with Gasteiger partial charge in [0.2, 0.25) is 11.8 Å². The van der Waals surface area contributed by atoms with Crippen LogP contribution >= 0.6 is 0 Å². The Labute approximate surface area is 245 Å². The van der Waals surface area contributed by atoms with E-state index in [2.05, 4.69) is 5.32 Å². The average Bonchev–Trinajstić information content (AvgIpc) is 3.27. The number of alkyl halides is 6. The zero-order valence-electron chi connectivity index (χ0n) is 24.6. The van der Waals surface area contributed by atoms with Crippen molar-refractivity contribution in [1.29, 1.82) is 0 Å². The molecule has 0 spiro atoms. The van der Waals surface area contributed by atoms with Crippen LogP contribution in [0.15, 0.2) is 36.4 Å². The third-order valence-corrected chi connectivity index (χ3v) is 6.34. The van der Waals surface area contributed by atoms with E-state index >= 15 is 0 Å². The van der Waals surface area contributed by atoms with E-state index in [1.54, 1.807) is 41.5 Å². The van der Waals surface area contributed by atoms with Gasteiger partial charge in [-0.15, -0.1) is 0 Å². The second-order valence-corrected chi connectivity index (χ2v) is 12.3. The van der Waals surface area contributed by atoms with Crippen molar-refractivity contribution in [3.8, 4) is 5.75 Å². The number of amides is 2. The Morgan fingerprint density at radius 3 is 1.98 bits per heavy atom. The lowest BCUT2D eigenvalue weighted by Crippen LogP contribution is -2.52. The topological polar surface area (TPSA) is 84.9 Å². The van der Waals surface area contributed by atoms with Gasteiger partial charge in [-0.25, -0.2) is 0 Å². The van der Waals surface area contributed by atoms with Gasteiger partial charge in [-0.05, 0) is 74.7 Å². The van der Waals surface area contributed by atoms with Gasteiger partial charge in [0.25, 0.3) is 0 Å². The van der Waals surface area contributed by atoms with Crippen LogP contribution in [0.25, 0.3) is 0 Å². The molecule has 1 aliphatic heterocycles. The van der Waals surface area contributed by atoms with Crippen molar-refractivity contribution in [2.75, 3.05) is 11.4 Å². The smallest absolute Gasteiger partial charge is 0.416 e. The van der Waals surface area contributed by atoms with Crippen molar-refractivity contribution in [2.45, 2.75) is 85.0 Å². The van der Waals surface area contributed by atoms with E-state index in [0.717, 1.165) is 0 Å². The molecule has 1 aliphatic rings. The summed E-state index contributed by atoms with van der Waals surface area (Å²) in [4.78, 5) is 40.3. The van der Waals surface area contributed by atoms with E-state index in [-0.39, 0.29) is 23.9 Å². The zero-order valence-corrected chi connectivity index (χ0v) is 24.6. The Morgan fingerprint density at radius 2 is 1.47 bits per heavy atom. The summed E-state index contributed by atoms with van der Waals surface area (Å²) in [5.41, 5.74) is -3.76. The minimum atomic E-state index is -4.98. The van der Waals surface area contributed by atoms with Crippen LogP contribution in [0.5, 0.6) is 5.75 Å². The molecule has 236 valence electrons. The molecule has 0 fully saturated rings. The lowest BCUT2D eigenvalue weighted by Gasteiger charge is -2.28. The normalized spacial score (nSPS) is 14.7. The van der Waals surface area contributed by atoms with E-state index in [4.69, 9.17) is 9.47 Å². The molecule has 0 saturated carbocycles. The van der Waals surface area contributed by atoms with E-state index in [0.29, 0.717) is 29.8 Å². The Morgan fingerprint density at radius 1 is 0.884 bits per heavy atom. The number of rotatable bonds is 7. The van der Waals surface area contributed by atoms with Crippen LogP contribution in [0.3, 0.4) is 0 Å². The SMILES string of the molecule is CC(C)(C)OC(=O)C[C@@H](NC(=O)C(C)(C)C)C(=O)N1CCc2cc(OCc3cc(C(F)(F)F)cc(C(F)(F)F)c3)ccc21. The summed E-state index contributed by atoms with van der Waals surface area (Å²) in [6.07, 6.45) is -10.0. The molecule has 0 radical (unpaired) electrons. The van der Waals surface area contributed by atoms with Crippen LogP contribution in [0.4, 0.5) is 32.0 Å². The van der Waals surface area contributed by atoms with Crippen molar-refractivity contribution >= 4 is 23.5 Å². The second-order valence-electron chi connectivity index (χ2n) is 12.3. The molecule has 0 bridgehead atoms. The van der Waals surface area contributed by atoms with Gasteiger partial charge in [0.1, 0.15) is 24.0 Å². The molecule has 2 aromatic rings. The van der Waals surface area contributed by atoms with Crippen molar-refractivity contribution in [2.24, 2.45) is 5.41 Å². The number of carbonyl (C=O) groups excluding carboxylic acids is 3. The van der Waals surface area contributed by atoms with Gasteiger partial charge in [-0.2, -0.15) is 26.3 Å². The predicted octanol–water partition coefficient (Wildman–Crippen LogP) is 6.46. The highest BCUT2D eigenvalue weighted by Crippen LogP contribution is 2.37. The molecule has 7 nitrogen and oxygen atoms in total. The fourth-order valence-corrected chi connectivity index (χ4v) is 4.28. The van der Waals surface area contributed by atoms with Crippen LogP contribution in [0, 0.1) is 5.41 Å². The highest BCUT2D eigenvalue weighted by atomic mass is 19.4. The first-order chi connectivity index (χ1) is 19.5. The van der Waals surface area contributed by atoms with Crippen LogP contribution in [0.1, 0.15) is 70.2 Å². The van der Waals surface area contributed by atoms with Gasteiger partial charge in [0, 0.05) is 17.6 Å². The molecular weight excluding hydrogens is 582 g/mol. The number of benzene rings is 2. The van der Waals surface area contributed by atoms with Crippen LogP contribution in [-0.2, 0) is 44.5 Å². The summed E-state index contributed by atoms with van der Waals surface area (Å²) in [7, 11) is 0. The van der Waals surface area contributed by atoms with E-state index in [9.17, 15) is 40.7 Å². The summed E-state index contributed by atoms with van der Waals surface area (Å²) in [5.74, 6) is -1.49. The maximum Gasteiger partial charge on any atom is 0.416 e. The Bertz CT molecular complexity index is 1340. The fraction of sp³-hybridized carbons (Fsp3) is 0.500. The third-order valence-electron chi connectivity index (χ3n) is 6.34. The van der Waals surface area contributed by atoms with E-state index in [1.807, 2.05) is 0 Å². The molecule has 0 saturated heterocycles. The number of anilines is 1.